The molecule has 0 saturated carbocycles. The van der Waals surface area contributed by atoms with Gasteiger partial charge in [0.1, 0.15) is 0 Å². The first-order valence-electron chi connectivity index (χ1n) is 6.23. The average molecular weight is 321 g/mol. The minimum absolute atomic E-state index is 0. The molecule has 0 aliphatic carbocycles. The molecule has 0 saturated heterocycles. The fourth-order valence-corrected chi connectivity index (χ4v) is 1.84. The zero-order chi connectivity index (χ0) is 13.9. The van der Waals surface area contributed by atoms with E-state index in [9.17, 15) is 13.0 Å². The van der Waals surface area contributed by atoms with Crippen LogP contribution in [0.4, 0.5) is 0 Å². The van der Waals surface area contributed by atoms with E-state index < -0.39 is 10.4 Å². The molecule has 0 radical (unpaired) electrons. The van der Waals surface area contributed by atoms with Crippen LogP contribution in [0.3, 0.4) is 0 Å². The van der Waals surface area contributed by atoms with E-state index in [0.29, 0.717) is 6.54 Å². The molecule has 110 valence electrons. The zero-order valence-corrected chi connectivity index (χ0v) is 16.2. The largest absolute Gasteiger partial charge is 1.00 e. The first-order valence-corrected chi connectivity index (χ1v) is 7.57. The Morgan fingerprint density at radius 3 is 2.16 bits per heavy atom. The Bertz CT molecular complexity index is 287. The third-order valence-electron chi connectivity index (χ3n) is 2.59. The smallest absolute Gasteiger partial charge is 0.726 e. The van der Waals surface area contributed by atoms with Gasteiger partial charge in [0.15, 0.2) is 0 Å². The van der Waals surface area contributed by atoms with E-state index >= 15 is 0 Å². The first kappa shape index (κ1) is 22.7. The molecule has 0 aromatic carbocycles. The molecule has 19 heavy (non-hydrogen) atoms. The van der Waals surface area contributed by atoms with Crippen LogP contribution >= 0.6 is 0 Å². The fourth-order valence-electron chi connectivity index (χ4n) is 1.57. The second-order valence-corrected chi connectivity index (χ2v) is 5.35. The van der Waals surface area contributed by atoms with Crippen molar-refractivity contribution in [2.45, 2.75) is 32.1 Å². The molecule has 0 heterocycles. The Hall–Kier alpha value is 1.43. The molecule has 0 atom stereocenters. The number of methoxy groups -OCH3 is 1. The van der Waals surface area contributed by atoms with Crippen molar-refractivity contribution < 1.29 is 73.3 Å². The van der Waals surface area contributed by atoms with Crippen LogP contribution in [0.25, 0.3) is 0 Å². The summed E-state index contributed by atoms with van der Waals surface area (Å²) in [6.07, 6.45) is 5.67. The van der Waals surface area contributed by atoms with Crippen molar-refractivity contribution in [1.82, 2.24) is 4.90 Å². The normalized spacial score (nSPS) is 11.6. The summed E-state index contributed by atoms with van der Waals surface area (Å²) in [5.41, 5.74) is 0. The topological polar surface area (TPSA) is 78.9 Å². The summed E-state index contributed by atoms with van der Waals surface area (Å²) < 4.78 is 39.7. The summed E-state index contributed by atoms with van der Waals surface area (Å²) in [5, 5.41) is 0. The Morgan fingerprint density at radius 1 is 1.00 bits per heavy atom. The monoisotopic (exact) mass is 321 g/mol. The van der Waals surface area contributed by atoms with Crippen LogP contribution in [0, 0.1) is 0 Å². The quantitative estimate of drug-likeness (QED) is 0.179. The molecule has 0 aliphatic heterocycles. The Morgan fingerprint density at radius 2 is 1.58 bits per heavy atom. The summed E-state index contributed by atoms with van der Waals surface area (Å²) in [6.45, 7) is 2.08. The number of hydrogen-bond acceptors (Lipinski definition) is 6. The Labute approximate surface area is 159 Å². The maximum atomic E-state index is 10.2. The molecule has 0 bridgehead atoms. The summed E-state index contributed by atoms with van der Waals surface area (Å²) in [7, 11) is -0.958. The van der Waals surface area contributed by atoms with Crippen LogP contribution in [0.2, 0.25) is 0 Å². The van der Waals surface area contributed by atoms with Gasteiger partial charge in [-0.25, -0.2) is 8.42 Å². The fraction of sp³-hybridized carbons (Fsp3) is 1.00. The number of likely N-dealkylation sites (N-methyl/N-ethyl adjacent to an activating group) is 1. The molecule has 0 aromatic heterocycles. The summed E-state index contributed by atoms with van der Waals surface area (Å²) in [5.74, 6) is 0. The van der Waals surface area contributed by atoms with Crippen LogP contribution in [-0.2, 0) is 19.3 Å². The average Bonchev–Trinajstić information content (AvgIpc) is 2.26. The predicted molar refractivity (Wildman–Crippen MR) is 68.1 cm³/mol. The molecule has 8 heteroatoms. The number of nitrogens with zero attached hydrogens (tertiary/aromatic N) is 1. The predicted octanol–water partition coefficient (Wildman–Crippen LogP) is -2.00. The molecule has 0 unspecified atom stereocenters. The maximum Gasteiger partial charge on any atom is 1.00 e. The van der Waals surface area contributed by atoms with E-state index in [1.807, 2.05) is 11.9 Å². The van der Waals surface area contributed by atoms with E-state index in [1.54, 1.807) is 7.11 Å². The van der Waals surface area contributed by atoms with Gasteiger partial charge in [0.2, 0.25) is 10.4 Å². The second kappa shape index (κ2) is 14.4. The zero-order valence-electron chi connectivity index (χ0n) is 12.3. The molecule has 0 amide bonds. The number of ether oxygens (including phenoxy) is 1. The van der Waals surface area contributed by atoms with Crippen LogP contribution < -0.4 is 51.4 Å². The Balaban J connectivity index is 0. The van der Waals surface area contributed by atoms with E-state index in [0.717, 1.165) is 32.4 Å². The van der Waals surface area contributed by atoms with Crippen LogP contribution in [0.15, 0.2) is 0 Å². The third kappa shape index (κ3) is 19.4. The van der Waals surface area contributed by atoms with Gasteiger partial charge >= 0.3 is 51.4 Å². The maximum absolute atomic E-state index is 10.2. The molecular formula is C11H24KNO5S. The van der Waals surface area contributed by atoms with Gasteiger partial charge in [-0.3, -0.25) is 4.18 Å². The van der Waals surface area contributed by atoms with Gasteiger partial charge in [0.25, 0.3) is 0 Å². The summed E-state index contributed by atoms with van der Waals surface area (Å²) in [4.78, 5) is 1.96. The van der Waals surface area contributed by atoms with Gasteiger partial charge in [-0.1, -0.05) is 19.3 Å². The summed E-state index contributed by atoms with van der Waals surface area (Å²) in [6, 6.07) is 0. The molecule has 0 aromatic rings. The van der Waals surface area contributed by atoms with E-state index in [4.69, 9.17) is 4.74 Å². The van der Waals surface area contributed by atoms with Crippen molar-refractivity contribution in [3.63, 3.8) is 0 Å². The SMILES string of the molecule is COCCCCCCCN(C)CCOS(=O)(=O)[O-].[K+]. The third-order valence-corrected chi connectivity index (χ3v) is 3.04. The molecule has 0 rings (SSSR count). The van der Waals surface area contributed by atoms with E-state index in [1.165, 1.54) is 12.8 Å². The van der Waals surface area contributed by atoms with Crippen molar-refractivity contribution in [1.29, 1.82) is 0 Å². The minimum Gasteiger partial charge on any atom is -0.726 e. The van der Waals surface area contributed by atoms with Gasteiger partial charge in [-0.15, -0.1) is 0 Å². The van der Waals surface area contributed by atoms with E-state index in [-0.39, 0.29) is 58.0 Å². The van der Waals surface area contributed by atoms with Crippen molar-refractivity contribution in [2.24, 2.45) is 0 Å². The minimum atomic E-state index is -4.55. The van der Waals surface area contributed by atoms with Crippen molar-refractivity contribution >= 4 is 10.4 Å². The first-order chi connectivity index (χ1) is 8.45. The van der Waals surface area contributed by atoms with Crippen LogP contribution in [-0.4, -0.2) is 58.3 Å². The van der Waals surface area contributed by atoms with Crippen molar-refractivity contribution in [2.75, 3.05) is 40.5 Å². The molecule has 0 aliphatic rings. The van der Waals surface area contributed by atoms with E-state index in [2.05, 4.69) is 4.18 Å². The molecule has 0 N–H and O–H groups in total. The molecule has 0 fully saturated rings. The Kier molecular flexibility index (Phi) is 17.2. The molecular weight excluding hydrogens is 297 g/mol. The van der Waals surface area contributed by atoms with Crippen LogP contribution in [0.5, 0.6) is 0 Å². The number of unbranched alkanes of at least 4 members (excludes halogenated alkanes) is 4. The van der Waals surface area contributed by atoms with Gasteiger partial charge in [-0.05, 0) is 26.4 Å². The summed E-state index contributed by atoms with van der Waals surface area (Å²) >= 11 is 0. The number of rotatable bonds is 12. The van der Waals surface area contributed by atoms with Gasteiger partial charge in [-0.2, -0.15) is 0 Å². The second-order valence-electron chi connectivity index (χ2n) is 4.29. The van der Waals surface area contributed by atoms with Gasteiger partial charge < -0.3 is 14.2 Å². The standard InChI is InChI=1S/C11H25NO5S.K/c1-12(9-11-17-18(13,14)15)8-6-4-3-5-7-10-16-2;/h3-11H2,1-2H3,(H,13,14,15);/q;+1/p-1. The molecule has 0 spiro atoms. The van der Waals surface area contributed by atoms with Crippen molar-refractivity contribution in [3.8, 4) is 0 Å². The van der Waals surface area contributed by atoms with Gasteiger partial charge in [0.05, 0.1) is 6.61 Å². The number of hydrogen-bond donors (Lipinski definition) is 0. The van der Waals surface area contributed by atoms with Crippen molar-refractivity contribution in [3.05, 3.63) is 0 Å². The van der Waals surface area contributed by atoms with Gasteiger partial charge in [0, 0.05) is 20.3 Å². The van der Waals surface area contributed by atoms with Crippen LogP contribution in [0.1, 0.15) is 32.1 Å². The molecule has 6 nitrogen and oxygen atoms in total.